The first-order valence-electron chi connectivity index (χ1n) is 8.73. The van der Waals surface area contributed by atoms with Crippen molar-refractivity contribution in [2.75, 3.05) is 32.7 Å². The largest absolute Gasteiger partial charge is 0.353 e. The Morgan fingerprint density at radius 1 is 1.36 bits per heavy atom. The molecule has 1 N–H and O–H groups in total. The normalized spacial score (nSPS) is 17.5. The second kappa shape index (κ2) is 8.55. The van der Waals surface area contributed by atoms with E-state index in [-0.39, 0.29) is 11.9 Å². The molecule has 136 valence electrons. The summed E-state index contributed by atoms with van der Waals surface area (Å²) < 4.78 is 5.36. The maximum Gasteiger partial charge on any atom is 0.241 e. The molecule has 2 aromatic heterocycles. The quantitative estimate of drug-likeness (QED) is 0.809. The number of amides is 1. The Morgan fingerprint density at radius 3 is 2.80 bits per heavy atom. The van der Waals surface area contributed by atoms with Crippen LogP contribution in [0.2, 0.25) is 0 Å². The fourth-order valence-electron chi connectivity index (χ4n) is 2.75. The van der Waals surface area contributed by atoms with Gasteiger partial charge in [-0.05, 0) is 24.8 Å². The predicted octanol–water partition coefficient (Wildman–Crippen LogP) is 1.83. The molecule has 25 heavy (non-hydrogen) atoms. The van der Waals surface area contributed by atoms with Crippen LogP contribution in [0.5, 0.6) is 0 Å². The van der Waals surface area contributed by atoms with E-state index in [0.717, 1.165) is 38.2 Å². The lowest BCUT2D eigenvalue weighted by Crippen LogP contribution is -2.49. The standard InChI is InChI=1S/C17H25N5O2S/c1-3-13(2)18-15(23)10-21-5-7-22(8-6-21)11-16-19-17(20-24-16)14-4-9-25-12-14/h4,9,12-13H,3,5-8,10-11H2,1-2H3,(H,18,23). The molecule has 0 saturated carbocycles. The molecular weight excluding hydrogens is 338 g/mol. The number of nitrogens with one attached hydrogen (secondary N) is 1. The monoisotopic (exact) mass is 363 g/mol. The summed E-state index contributed by atoms with van der Waals surface area (Å²) in [6.07, 6.45) is 0.955. The molecule has 1 fully saturated rings. The second-order valence-electron chi connectivity index (χ2n) is 6.45. The molecule has 1 atom stereocenters. The molecule has 2 aromatic rings. The Bertz CT molecular complexity index is 664. The van der Waals surface area contributed by atoms with Crippen LogP contribution in [0.4, 0.5) is 0 Å². The smallest absolute Gasteiger partial charge is 0.241 e. The van der Waals surface area contributed by atoms with E-state index >= 15 is 0 Å². The van der Waals surface area contributed by atoms with Gasteiger partial charge in [-0.1, -0.05) is 12.1 Å². The number of hydrogen-bond acceptors (Lipinski definition) is 7. The number of nitrogens with zero attached hydrogens (tertiary/aromatic N) is 4. The average Bonchev–Trinajstić information content (AvgIpc) is 3.27. The van der Waals surface area contributed by atoms with Gasteiger partial charge in [-0.2, -0.15) is 16.3 Å². The van der Waals surface area contributed by atoms with Gasteiger partial charge in [-0.15, -0.1) is 0 Å². The number of hydrogen-bond donors (Lipinski definition) is 1. The Morgan fingerprint density at radius 2 is 2.12 bits per heavy atom. The molecule has 1 amide bonds. The van der Waals surface area contributed by atoms with Crippen molar-refractivity contribution >= 4 is 17.2 Å². The van der Waals surface area contributed by atoms with Crippen LogP contribution in [-0.4, -0.2) is 64.6 Å². The highest BCUT2D eigenvalue weighted by molar-refractivity contribution is 7.08. The highest BCUT2D eigenvalue weighted by Crippen LogP contribution is 2.19. The van der Waals surface area contributed by atoms with Gasteiger partial charge in [0.25, 0.3) is 0 Å². The van der Waals surface area contributed by atoms with E-state index in [4.69, 9.17) is 4.52 Å². The third-order valence-electron chi connectivity index (χ3n) is 4.46. The zero-order valence-corrected chi connectivity index (χ0v) is 15.6. The minimum absolute atomic E-state index is 0.111. The fraction of sp³-hybridized carbons (Fsp3) is 0.588. The first kappa shape index (κ1) is 18.0. The summed E-state index contributed by atoms with van der Waals surface area (Å²) in [5, 5.41) is 11.1. The van der Waals surface area contributed by atoms with Crippen LogP contribution < -0.4 is 5.32 Å². The summed E-state index contributed by atoms with van der Waals surface area (Å²) >= 11 is 1.62. The number of thiophene rings is 1. The van der Waals surface area contributed by atoms with Crippen LogP contribution in [0.15, 0.2) is 21.3 Å². The lowest BCUT2D eigenvalue weighted by atomic mass is 10.2. The summed E-state index contributed by atoms with van der Waals surface area (Å²) in [6, 6.07) is 2.23. The van der Waals surface area contributed by atoms with Gasteiger partial charge in [0, 0.05) is 43.2 Å². The fourth-order valence-corrected chi connectivity index (χ4v) is 3.38. The number of carbonyl (C=O) groups excluding carboxylic acids is 1. The van der Waals surface area contributed by atoms with E-state index < -0.39 is 0 Å². The van der Waals surface area contributed by atoms with Crippen LogP contribution in [0.3, 0.4) is 0 Å². The molecule has 1 aliphatic rings. The molecule has 1 unspecified atom stereocenters. The third-order valence-corrected chi connectivity index (χ3v) is 5.14. The SMILES string of the molecule is CCC(C)NC(=O)CN1CCN(Cc2nc(-c3ccsc3)no2)CC1. The number of aromatic nitrogens is 2. The lowest BCUT2D eigenvalue weighted by molar-refractivity contribution is -0.123. The van der Waals surface area contributed by atoms with Gasteiger partial charge in [-0.25, -0.2) is 0 Å². The van der Waals surface area contributed by atoms with Crippen molar-refractivity contribution < 1.29 is 9.32 Å². The van der Waals surface area contributed by atoms with Crippen molar-refractivity contribution in [3.8, 4) is 11.4 Å². The summed E-state index contributed by atoms with van der Waals surface area (Å²) in [4.78, 5) is 20.9. The number of carbonyl (C=O) groups is 1. The van der Waals surface area contributed by atoms with Crippen LogP contribution in [0.25, 0.3) is 11.4 Å². The summed E-state index contributed by atoms with van der Waals surface area (Å²) in [6.45, 7) is 8.78. The van der Waals surface area contributed by atoms with Crippen LogP contribution in [0.1, 0.15) is 26.2 Å². The van der Waals surface area contributed by atoms with Crippen LogP contribution in [-0.2, 0) is 11.3 Å². The molecule has 0 spiro atoms. The van der Waals surface area contributed by atoms with E-state index in [1.807, 2.05) is 23.8 Å². The first-order chi connectivity index (χ1) is 12.1. The number of rotatable bonds is 7. The van der Waals surface area contributed by atoms with Crippen LogP contribution >= 0.6 is 11.3 Å². The Balaban J connectivity index is 1.43. The van der Waals surface area contributed by atoms with Gasteiger partial charge in [-0.3, -0.25) is 14.6 Å². The van der Waals surface area contributed by atoms with E-state index in [9.17, 15) is 4.79 Å². The minimum Gasteiger partial charge on any atom is -0.353 e. The Labute approximate surface area is 152 Å². The van der Waals surface area contributed by atoms with Crippen LogP contribution in [0, 0.1) is 0 Å². The predicted molar refractivity (Wildman–Crippen MR) is 97.2 cm³/mol. The van der Waals surface area contributed by atoms with Gasteiger partial charge in [0.05, 0.1) is 13.1 Å². The van der Waals surface area contributed by atoms with Gasteiger partial charge < -0.3 is 9.84 Å². The molecular formula is C17H25N5O2S. The first-order valence-corrected chi connectivity index (χ1v) is 9.67. The van der Waals surface area contributed by atoms with Gasteiger partial charge in [0.15, 0.2) is 0 Å². The minimum atomic E-state index is 0.111. The molecule has 7 nitrogen and oxygen atoms in total. The van der Waals surface area contributed by atoms with Crippen molar-refractivity contribution in [2.24, 2.45) is 0 Å². The molecule has 1 saturated heterocycles. The molecule has 3 heterocycles. The van der Waals surface area contributed by atoms with Gasteiger partial charge >= 0.3 is 0 Å². The highest BCUT2D eigenvalue weighted by atomic mass is 32.1. The van der Waals surface area contributed by atoms with Crippen molar-refractivity contribution in [3.63, 3.8) is 0 Å². The summed E-state index contributed by atoms with van der Waals surface area (Å²) in [7, 11) is 0. The molecule has 3 rings (SSSR count). The van der Waals surface area contributed by atoms with Gasteiger partial charge in [0.2, 0.25) is 17.6 Å². The van der Waals surface area contributed by atoms with Crippen molar-refractivity contribution in [1.82, 2.24) is 25.3 Å². The summed E-state index contributed by atoms with van der Waals surface area (Å²) in [5.41, 5.74) is 0.997. The van der Waals surface area contributed by atoms with E-state index in [2.05, 4.69) is 32.2 Å². The summed E-state index contributed by atoms with van der Waals surface area (Å²) in [5.74, 6) is 1.40. The molecule has 8 heteroatoms. The molecule has 1 aliphatic heterocycles. The second-order valence-corrected chi connectivity index (χ2v) is 7.23. The molecule has 0 aromatic carbocycles. The Kier molecular flexibility index (Phi) is 6.17. The van der Waals surface area contributed by atoms with Gasteiger partial charge in [0.1, 0.15) is 0 Å². The van der Waals surface area contributed by atoms with E-state index in [1.165, 1.54) is 0 Å². The Hall–Kier alpha value is -1.77. The van der Waals surface area contributed by atoms with Crippen molar-refractivity contribution in [1.29, 1.82) is 0 Å². The molecule has 0 aliphatic carbocycles. The maximum absolute atomic E-state index is 12.0. The van der Waals surface area contributed by atoms with Crippen molar-refractivity contribution in [2.45, 2.75) is 32.9 Å². The number of piperazine rings is 1. The topological polar surface area (TPSA) is 74.5 Å². The average molecular weight is 363 g/mol. The van der Waals surface area contributed by atoms with E-state index in [1.54, 1.807) is 11.3 Å². The maximum atomic E-state index is 12.0. The third kappa shape index (κ3) is 5.10. The molecule has 0 radical (unpaired) electrons. The zero-order valence-electron chi connectivity index (χ0n) is 14.8. The zero-order chi connectivity index (χ0) is 17.6. The highest BCUT2D eigenvalue weighted by Gasteiger charge is 2.21. The van der Waals surface area contributed by atoms with E-state index in [0.29, 0.717) is 24.8 Å². The molecule has 0 bridgehead atoms. The lowest BCUT2D eigenvalue weighted by Gasteiger charge is -2.33. The van der Waals surface area contributed by atoms with Crippen molar-refractivity contribution in [3.05, 3.63) is 22.7 Å².